The summed E-state index contributed by atoms with van der Waals surface area (Å²) in [5.41, 5.74) is 4.53. The van der Waals surface area contributed by atoms with Gasteiger partial charge in [-0.2, -0.15) is 0 Å². The molecule has 5 aromatic rings. The molecule has 1 saturated carbocycles. The molecule has 0 radical (unpaired) electrons. The number of hydrogen-bond donors (Lipinski definition) is 2. The van der Waals surface area contributed by atoms with E-state index < -0.39 is 0 Å². The lowest BCUT2D eigenvalue weighted by Gasteiger charge is -2.20. The van der Waals surface area contributed by atoms with Crippen LogP contribution in [-0.4, -0.2) is 50.2 Å². The largest absolute Gasteiger partial charge is 0.349 e. The fraction of sp³-hybridized carbons (Fsp3) is 0.161. The van der Waals surface area contributed by atoms with Crippen molar-refractivity contribution >= 4 is 29.0 Å². The lowest BCUT2D eigenvalue weighted by molar-refractivity contribution is 0.0764. The van der Waals surface area contributed by atoms with Gasteiger partial charge in [-0.3, -0.25) is 9.59 Å². The number of para-hydroxylation sites is 1. The van der Waals surface area contributed by atoms with Gasteiger partial charge in [0.25, 0.3) is 11.8 Å². The van der Waals surface area contributed by atoms with Crippen molar-refractivity contribution in [2.75, 3.05) is 18.4 Å². The van der Waals surface area contributed by atoms with E-state index in [1.54, 1.807) is 6.07 Å². The smallest absolute Gasteiger partial charge is 0.272 e. The SMILES string of the molecule is O=C(NC1[C@H]2CN(C(=O)c3cccc(Nc4ccccc4)n3)C[C@@H]12)c1cccc(-c2cn3ccccc3n2)c1. The number of aromatic nitrogens is 3. The maximum atomic E-state index is 13.1. The van der Waals surface area contributed by atoms with Crippen molar-refractivity contribution in [3.05, 3.63) is 115 Å². The van der Waals surface area contributed by atoms with Crippen molar-refractivity contribution < 1.29 is 9.59 Å². The first-order chi connectivity index (χ1) is 19.1. The molecule has 0 bridgehead atoms. The van der Waals surface area contributed by atoms with Crippen LogP contribution in [0.25, 0.3) is 16.9 Å². The molecule has 192 valence electrons. The van der Waals surface area contributed by atoms with E-state index in [9.17, 15) is 9.59 Å². The number of imidazole rings is 1. The number of benzene rings is 2. The van der Waals surface area contributed by atoms with Crippen LogP contribution in [0.5, 0.6) is 0 Å². The molecule has 2 N–H and O–H groups in total. The molecule has 3 atom stereocenters. The number of hydrogen-bond acceptors (Lipinski definition) is 5. The number of nitrogens with one attached hydrogen (secondary N) is 2. The normalized spacial score (nSPS) is 19.5. The lowest BCUT2D eigenvalue weighted by atomic mass is 10.1. The predicted molar refractivity (Wildman–Crippen MR) is 149 cm³/mol. The highest BCUT2D eigenvalue weighted by Crippen LogP contribution is 2.46. The molecular weight excluding hydrogens is 488 g/mol. The zero-order valence-electron chi connectivity index (χ0n) is 21.1. The lowest BCUT2D eigenvalue weighted by Crippen LogP contribution is -2.37. The van der Waals surface area contributed by atoms with Gasteiger partial charge in [0.2, 0.25) is 0 Å². The Balaban J connectivity index is 0.973. The molecule has 2 aliphatic rings. The van der Waals surface area contributed by atoms with E-state index >= 15 is 0 Å². The molecule has 1 saturated heterocycles. The summed E-state index contributed by atoms with van der Waals surface area (Å²) >= 11 is 0. The Morgan fingerprint density at radius 2 is 1.62 bits per heavy atom. The second-order valence-electron chi connectivity index (χ2n) is 10.1. The number of piperidine rings is 1. The molecule has 39 heavy (non-hydrogen) atoms. The van der Waals surface area contributed by atoms with Gasteiger partial charge < -0.3 is 19.9 Å². The minimum Gasteiger partial charge on any atom is -0.349 e. The summed E-state index contributed by atoms with van der Waals surface area (Å²) in [5, 5.41) is 6.42. The van der Waals surface area contributed by atoms with E-state index in [1.807, 2.05) is 107 Å². The van der Waals surface area contributed by atoms with Crippen LogP contribution >= 0.6 is 0 Å². The number of carbonyl (C=O) groups excluding carboxylic acids is 2. The minimum atomic E-state index is -0.0979. The second-order valence-corrected chi connectivity index (χ2v) is 10.1. The van der Waals surface area contributed by atoms with Crippen molar-refractivity contribution in [3.63, 3.8) is 0 Å². The number of amides is 2. The van der Waals surface area contributed by atoms with Crippen LogP contribution in [0.15, 0.2) is 103 Å². The Bertz CT molecular complexity index is 1650. The van der Waals surface area contributed by atoms with Crippen LogP contribution in [0.1, 0.15) is 20.8 Å². The predicted octanol–water partition coefficient (Wildman–Crippen LogP) is 4.64. The number of nitrogens with zero attached hydrogens (tertiary/aromatic N) is 4. The molecule has 2 aromatic carbocycles. The van der Waals surface area contributed by atoms with E-state index in [0.29, 0.717) is 30.2 Å². The van der Waals surface area contributed by atoms with Gasteiger partial charge in [-0.05, 0) is 48.5 Å². The number of anilines is 2. The summed E-state index contributed by atoms with van der Waals surface area (Å²) in [4.78, 5) is 37.3. The summed E-state index contributed by atoms with van der Waals surface area (Å²) in [6.45, 7) is 1.24. The van der Waals surface area contributed by atoms with Gasteiger partial charge in [0.1, 0.15) is 17.2 Å². The zero-order chi connectivity index (χ0) is 26.3. The van der Waals surface area contributed by atoms with E-state index in [0.717, 1.165) is 22.6 Å². The molecule has 8 nitrogen and oxygen atoms in total. The quantitative estimate of drug-likeness (QED) is 0.345. The maximum Gasteiger partial charge on any atom is 0.272 e. The summed E-state index contributed by atoms with van der Waals surface area (Å²) in [7, 11) is 0. The molecule has 7 rings (SSSR count). The Labute approximate surface area is 225 Å². The molecule has 1 aliphatic heterocycles. The maximum absolute atomic E-state index is 13.1. The number of pyridine rings is 2. The van der Waals surface area contributed by atoms with Crippen LogP contribution in [0.4, 0.5) is 11.5 Å². The fourth-order valence-electron chi connectivity index (χ4n) is 5.49. The van der Waals surface area contributed by atoms with Gasteiger partial charge >= 0.3 is 0 Å². The van der Waals surface area contributed by atoms with Gasteiger partial charge in [0.05, 0.1) is 5.69 Å². The first-order valence-electron chi connectivity index (χ1n) is 13.1. The molecule has 3 aromatic heterocycles. The van der Waals surface area contributed by atoms with Crippen molar-refractivity contribution in [2.45, 2.75) is 6.04 Å². The summed E-state index contributed by atoms with van der Waals surface area (Å²) in [6.07, 6.45) is 3.92. The van der Waals surface area contributed by atoms with Crippen LogP contribution < -0.4 is 10.6 Å². The van der Waals surface area contributed by atoms with E-state index in [-0.39, 0.29) is 29.7 Å². The van der Waals surface area contributed by atoms with Gasteiger partial charge in [-0.25, -0.2) is 9.97 Å². The standard InChI is InChI=1S/C31H26N6O2/c38-30(21-9-6-8-20(16-21)26-19-36-15-5-4-14-28(36)34-26)35-29-23-17-37(18-24(23)29)31(39)25-12-7-13-27(33-25)32-22-10-2-1-3-11-22/h1-16,19,23-24,29H,17-18H2,(H,32,33)(H,35,38)/t23-,24+,29?. The van der Waals surface area contributed by atoms with Crippen molar-refractivity contribution in [2.24, 2.45) is 11.8 Å². The van der Waals surface area contributed by atoms with Gasteiger partial charge in [-0.1, -0.05) is 42.5 Å². The van der Waals surface area contributed by atoms with Crippen molar-refractivity contribution in [3.8, 4) is 11.3 Å². The molecule has 2 amide bonds. The Kier molecular flexibility index (Phi) is 5.58. The van der Waals surface area contributed by atoms with E-state index in [1.165, 1.54) is 0 Å². The number of likely N-dealkylation sites (tertiary alicyclic amines) is 1. The van der Waals surface area contributed by atoms with Crippen LogP contribution in [0.3, 0.4) is 0 Å². The summed E-state index contributed by atoms with van der Waals surface area (Å²) < 4.78 is 1.96. The average molecular weight is 515 g/mol. The Morgan fingerprint density at radius 1 is 0.821 bits per heavy atom. The van der Waals surface area contributed by atoms with E-state index in [4.69, 9.17) is 0 Å². The van der Waals surface area contributed by atoms with Crippen LogP contribution in [0.2, 0.25) is 0 Å². The second kappa shape index (κ2) is 9.40. The Hall–Kier alpha value is -4.98. The van der Waals surface area contributed by atoms with Gasteiger partial charge in [-0.15, -0.1) is 0 Å². The molecular formula is C31H26N6O2. The average Bonchev–Trinajstić information content (AvgIpc) is 3.31. The molecule has 1 aliphatic carbocycles. The molecule has 4 heterocycles. The zero-order valence-corrected chi connectivity index (χ0v) is 21.1. The molecule has 8 heteroatoms. The summed E-state index contributed by atoms with van der Waals surface area (Å²) in [6, 6.07) is 28.7. The molecule has 2 fully saturated rings. The number of fused-ring (bicyclic) bond motifs is 2. The van der Waals surface area contributed by atoms with Crippen molar-refractivity contribution in [1.82, 2.24) is 24.6 Å². The third kappa shape index (κ3) is 4.50. The van der Waals surface area contributed by atoms with Crippen molar-refractivity contribution in [1.29, 1.82) is 0 Å². The van der Waals surface area contributed by atoms with E-state index in [2.05, 4.69) is 20.6 Å². The van der Waals surface area contributed by atoms with Gasteiger partial charge in [0.15, 0.2) is 0 Å². The third-order valence-electron chi connectivity index (χ3n) is 7.58. The molecule has 1 unspecified atom stereocenters. The minimum absolute atomic E-state index is 0.0795. The Morgan fingerprint density at radius 3 is 2.44 bits per heavy atom. The molecule has 0 spiro atoms. The first kappa shape index (κ1) is 23.2. The van der Waals surface area contributed by atoms with Crippen LogP contribution in [0, 0.1) is 11.8 Å². The number of carbonyl (C=O) groups is 2. The van der Waals surface area contributed by atoms with Gasteiger partial charge in [0, 0.05) is 60.2 Å². The highest BCUT2D eigenvalue weighted by atomic mass is 16.2. The summed E-state index contributed by atoms with van der Waals surface area (Å²) in [5.74, 6) is 0.992. The number of rotatable bonds is 6. The first-order valence-corrected chi connectivity index (χ1v) is 13.1. The monoisotopic (exact) mass is 514 g/mol. The topological polar surface area (TPSA) is 91.6 Å². The third-order valence-corrected chi connectivity index (χ3v) is 7.58. The fourth-order valence-corrected chi connectivity index (χ4v) is 5.49. The van der Waals surface area contributed by atoms with Crippen LogP contribution in [-0.2, 0) is 0 Å². The highest BCUT2D eigenvalue weighted by Gasteiger charge is 2.57. The highest BCUT2D eigenvalue weighted by molar-refractivity contribution is 5.96.